The fourth-order valence-corrected chi connectivity index (χ4v) is 4.64. The molecule has 1 fully saturated rings. The standard InChI is InChI=1S/C17H20F3N3O3S/c1-2-11-27(24,25)23-9-7-13(8-10-23)16-21-15(22-26-16)12-3-5-14(6-4-12)17(18,19)20/h3-6,13H,2,7-11H2,1H3. The first kappa shape index (κ1) is 19.8. The summed E-state index contributed by atoms with van der Waals surface area (Å²) in [5.74, 6) is 0.682. The van der Waals surface area contributed by atoms with E-state index in [1.54, 1.807) is 0 Å². The van der Waals surface area contributed by atoms with Crippen LogP contribution in [0.4, 0.5) is 13.2 Å². The van der Waals surface area contributed by atoms with Gasteiger partial charge in [0.2, 0.25) is 21.7 Å². The molecular formula is C17H20F3N3O3S. The van der Waals surface area contributed by atoms with Gasteiger partial charge in [-0.1, -0.05) is 24.2 Å². The lowest BCUT2D eigenvalue weighted by atomic mass is 9.98. The molecule has 0 amide bonds. The summed E-state index contributed by atoms with van der Waals surface area (Å²) in [4.78, 5) is 4.29. The number of hydrogen-bond donors (Lipinski definition) is 0. The van der Waals surface area contributed by atoms with Crippen molar-refractivity contribution in [2.24, 2.45) is 0 Å². The van der Waals surface area contributed by atoms with Crippen molar-refractivity contribution in [2.75, 3.05) is 18.8 Å². The van der Waals surface area contributed by atoms with Crippen LogP contribution in [0.25, 0.3) is 11.4 Å². The minimum atomic E-state index is -4.40. The van der Waals surface area contributed by atoms with Crippen molar-refractivity contribution < 1.29 is 26.1 Å². The van der Waals surface area contributed by atoms with E-state index < -0.39 is 21.8 Å². The maximum absolute atomic E-state index is 12.6. The second-order valence-electron chi connectivity index (χ2n) is 6.52. The number of alkyl halides is 3. The Morgan fingerprint density at radius 1 is 1.19 bits per heavy atom. The number of benzene rings is 1. The molecule has 0 N–H and O–H groups in total. The van der Waals surface area contributed by atoms with E-state index in [4.69, 9.17) is 4.52 Å². The Hall–Kier alpha value is -1.94. The van der Waals surface area contributed by atoms with Gasteiger partial charge < -0.3 is 4.52 Å². The third-order valence-electron chi connectivity index (χ3n) is 4.57. The maximum atomic E-state index is 12.6. The number of halogens is 3. The largest absolute Gasteiger partial charge is 0.416 e. The molecule has 0 saturated carbocycles. The van der Waals surface area contributed by atoms with E-state index in [0.29, 0.717) is 43.8 Å². The van der Waals surface area contributed by atoms with Gasteiger partial charge in [-0.3, -0.25) is 0 Å². The quantitative estimate of drug-likeness (QED) is 0.761. The third-order valence-corrected chi connectivity index (χ3v) is 6.65. The first-order chi connectivity index (χ1) is 12.7. The predicted octanol–water partition coefficient (Wildman–Crippen LogP) is 3.67. The van der Waals surface area contributed by atoms with Crippen molar-refractivity contribution in [1.82, 2.24) is 14.4 Å². The molecule has 2 heterocycles. The molecule has 0 atom stereocenters. The van der Waals surface area contributed by atoms with Crippen LogP contribution in [0.1, 0.15) is 43.6 Å². The van der Waals surface area contributed by atoms with Crippen LogP contribution in [-0.2, 0) is 16.2 Å². The third kappa shape index (κ3) is 4.49. The van der Waals surface area contributed by atoms with E-state index >= 15 is 0 Å². The van der Waals surface area contributed by atoms with Crippen LogP contribution in [0.15, 0.2) is 28.8 Å². The van der Waals surface area contributed by atoms with Crippen LogP contribution >= 0.6 is 0 Å². The number of hydrogen-bond acceptors (Lipinski definition) is 5. The van der Waals surface area contributed by atoms with E-state index in [1.165, 1.54) is 16.4 Å². The zero-order valence-electron chi connectivity index (χ0n) is 14.7. The van der Waals surface area contributed by atoms with E-state index in [2.05, 4.69) is 10.1 Å². The summed E-state index contributed by atoms with van der Waals surface area (Å²) in [6, 6.07) is 4.56. The smallest absolute Gasteiger partial charge is 0.339 e. The normalized spacial score (nSPS) is 17.3. The van der Waals surface area contributed by atoms with Crippen LogP contribution in [0.3, 0.4) is 0 Å². The molecule has 27 heavy (non-hydrogen) atoms. The topological polar surface area (TPSA) is 76.3 Å². The van der Waals surface area contributed by atoms with Crippen molar-refractivity contribution in [2.45, 2.75) is 38.3 Å². The summed E-state index contributed by atoms with van der Waals surface area (Å²) >= 11 is 0. The molecule has 0 bridgehead atoms. The van der Waals surface area contributed by atoms with Crippen molar-refractivity contribution in [3.63, 3.8) is 0 Å². The second kappa shape index (κ2) is 7.59. The van der Waals surface area contributed by atoms with Crippen molar-refractivity contribution in [3.8, 4) is 11.4 Å². The molecule has 1 aliphatic rings. The lowest BCUT2D eigenvalue weighted by Crippen LogP contribution is -2.39. The van der Waals surface area contributed by atoms with Gasteiger partial charge in [0, 0.05) is 24.6 Å². The number of rotatable bonds is 5. The first-order valence-corrected chi connectivity index (χ1v) is 10.3. The summed E-state index contributed by atoms with van der Waals surface area (Å²) in [5.41, 5.74) is -0.309. The van der Waals surface area contributed by atoms with E-state index in [0.717, 1.165) is 12.1 Å². The molecule has 0 spiro atoms. The molecule has 1 aromatic heterocycles. The zero-order valence-corrected chi connectivity index (χ0v) is 15.6. The molecule has 6 nitrogen and oxygen atoms in total. The zero-order chi connectivity index (χ0) is 19.7. The molecular weight excluding hydrogens is 383 g/mol. The fraction of sp³-hybridized carbons (Fsp3) is 0.529. The average molecular weight is 403 g/mol. The number of piperidine rings is 1. The molecule has 1 aliphatic heterocycles. The van der Waals surface area contributed by atoms with Crippen molar-refractivity contribution in [3.05, 3.63) is 35.7 Å². The van der Waals surface area contributed by atoms with Gasteiger partial charge in [-0.05, 0) is 31.4 Å². The van der Waals surface area contributed by atoms with Gasteiger partial charge in [-0.15, -0.1) is 0 Å². The summed E-state index contributed by atoms with van der Waals surface area (Å²) in [5, 5.41) is 3.85. The SMILES string of the molecule is CCCS(=O)(=O)N1CCC(c2nc(-c3ccc(C(F)(F)F)cc3)no2)CC1. The Kier molecular flexibility index (Phi) is 5.57. The summed E-state index contributed by atoms with van der Waals surface area (Å²) in [7, 11) is -3.22. The van der Waals surface area contributed by atoms with Gasteiger partial charge in [-0.25, -0.2) is 12.7 Å². The van der Waals surface area contributed by atoms with Gasteiger partial charge >= 0.3 is 6.18 Å². The van der Waals surface area contributed by atoms with Crippen LogP contribution in [-0.4, -0.2) is 41.7 Å². The Morgan fingerprint density at radius 3 is 2.37 bits per heavy atom. The molecule has 3 rings (SSSR count). The highest BCUT2D eigenvalue weighted by Crippen LogP contribution is 2.32. The molecule has 1 saturated heterocycles. The first-order valence-electron chi connectivity index (χ1n) is 8.70. The minimum absolute atomic E-state index is 0.0613. The Morgan fingerprint density at radius 2 is 1.81 bits per heavy atom. The fourth-order valence-electron chi connectivity index (χ4n) is 3.09. The lowest BCUT2D eigenvalue weighted by molar-refractivity contribution is -0.137. The summed E-state index contributed by atoms with van der Waals surface area (Å²) < 4.78 is 68.9. The molecule has 0 aliphatic carbocycles. The minimum Gasteiger partial charge on any atom is -0.339 e. The highest BCUT2D eigenvalue weighted by molar-refractivity contribution is 7.89. The molecule has 2 aromatic rings. The molecule has 148 valence electrons. The Balaban J connectivity index is 1.67. The average Bonchev–Trinajstić information content (AvgIpc) is 3.11. The number of nitrogens with zero attached hydrogens (tertiary/aromatic N) is 3. The highest BCUT2D eigenvalue weighted by Gasteiger charge is 2.32. The van der Waals surface area contributed by atoms with Crippen molar-refractivity contribution in [1.29, 1.82) is 0 Å². The highest BCUT2D eigenvalue weighted by atomic mass is 32.2. The monoisotopic (exact) mass is 403 g/mol. The predicted molar refractivity (Wildman–Crippen MR) is 92.4 cm³/mol. The summed E-state index contributed by atoms with van der Waals surface area (Å²) in [6.45, 7) is 2.61. The van der Waals surface area contributed by atoms with Gasteiger partial charge in [-0.2, -0.15) is 18.2 Å². The Bertz CT molecular complexity index is 871. The molecule has 10 heteroatoms. The lowest BCUT2D eigenvalue weighted by Gasteiger charge is -2.29. The Labute approximate surface area is 155 Å². The molecule has 0 unspecified atom stereocenters. The van der Waals surface area contributed by atoms with E-state index in [-0.39, 0.29) is 17.5 Å². The van der Waals surface area contributed by atoms with Crippen LogP contribution < -0.4 is 0 Å². The number of aromatic nitrogens is 2. The van der Waals surface area contributed by atoms with E-state index in [1.807, 2.05) is 6.92 Å². The molecule has 1 aromatic carbocycles. The van der Waals surface area contributed by atoms with Crippen LogP contribution in [0.2, 0.25) is 0 Å². The number of sulfonamides is 1. The van der Waals surface area contributed by atoms with Crippen LogP contribution in [0, 0.1) is 0 Å². The van der Waals surface area contributed by atoms with Gasteiger partial charge in [0.15, 0.2) is 0 Å². The molecule has 0 radical (unpaired) electrons. The van der Waals surface area contributed by atoms with Gasteiger partial charge in [0.05, 0.1) is 11.3 Å². The maximum Gasteiger partial charge on any atom is 0.416 e. The van der Waals surface area contributed by atoms with E-state index in [9.17, 15) is 21.6 Å². The second-order valence-corrected chi connectivity index (χ2v) is 8.61. The van der Waals surface area contributed by atoms with Crippen LogP contribution in [0.5, 0.6) is 0 Å². The van der Waals surface area contributed by atoms with Gasteiger partial charge in [0.1, 0.15) is 0 Å². The van der Waals surface area contributed by atoms with Gasteiger partial charge in [0.25, 0.3) is 0 Å². The summed E-state index contributed by atoms with van der Waals surface area (Å²) in [6.07, 6.45) is -2.69. The van der Waals surface area contributed by atoms with Crippen molar-refractivity contribution >= 4 is 10.0 Å².